The van der Waals surface area contributed by atoms with Crippen LogP contribution in [0.1, 0.15) is 25.5 Å². The Balaban J connectivity index is 2.33. The van der Waals surface area contributed by atoms with E-state index in [0.717, 1.165) is 12.2 Å². The number of ether oxygens (including phenoxy) is 1. The van der Waals surface area contributed by atoms with Crippen molar-refractivity contribution in [2.45, 2.75) is 20.0 Å². The van der Waals surface area contributed by atoms with Gasteiger partial charge in [-0.25, -0.2) is 4.99 Å². The Kier molecular flexibility index (Phi) is 2.39. The minimum Gasteiger partial charge on any atom is -0.457 e. The topological polar surface area (TPSA) is 33.6 Å². The molecule has 1 aliphatic rings. The summed E-state index contributed by atoms with van der Waals surface area (Å²) in [5.74, 6) is 0. The lowest BCUT2D eigenvalue weighted by atomic mass is 10.1. The molecular weight excluding hydrogens is 176 g/mol. The molecule has 2 rings (SSSR count). The summed E-state index contributed by atoms with van der Waals surface area (Å²) in [7, 11) is 0. The van der Waals surface area contributed by atoms with Gasteiger partial charge < -0.3 is 10.1 Å². The van der Waals surface area contributed by atoms with E-state index in [1.807, 2.05) is 32.0 Å². The Morgan fingerprint density at radius 1 is 1.43 bits per heavy atom. The van der Waals surface area contributed by atoms with Crippen LogP contribution in [-0.4, -0.2) is 12.6 Å². The van der Waals surface area contributed by atoms with Crippen molar-refractivity contribution in [1.82, 2.24) is 0 Å². The van der Waals surface area contributed by atoms with E-state index < -0.39 is 0 Å². The lowest BCUT2D eigenvalue weighted by Crippen LogP contribution is -2.25. The molecule has 1 unspecified atom stereocenters. The van der Waals surface area contributed by atoms with Crippen molar-refractivity contribution >= 4 is 11.7 Å². The third kappa shape index (κ3) is 1.58. The van der Waals surface area contributed by atoms with Crippen molar-refractivity contribution in [3.63, 3.8) is 0 Å². The Morgan fingerprint density at radius 2 is 2.21 bits per heavy atom. The highest BCUT2D eigenvalue weighted by Gasteiger charge is 2.19. The van der Waals surface area contributed by atoms with E-state index in [1.54, 1.807) is 0 Å². The molecule has 0 spiro atoms. The van der Waals surface area contributed by atoms with Gasteiger partial charge in [0.15, 0.2) is 0 Å². The lowest BCUT2D eigenvalue weighted by molar-refractivity contribution is 0.206. The van der Waals surface area contributed by atoms with E-state index in [2.05, 4.69) is 16.4 Å². The molecule has 0 radical (unpaired) electrons. The SMILES string of the molecule is CCN=C1Nc2ccccc2C(C)O1. The van der Waals surface area contributed by atoms with Crippen molar-refractivity contribution < 1.29 is 4.74 Å². The molecule has 0 aromatic heterocycles. The van der Waals surface area contributed by atoms with E-state index in [1.165, 1.54) is 5.56 Å². The summed E-state index contributed by atoms with van der Waals surface area (Å²) in [5, 5.41) is 3.16. The molecule has 1 aromatic rings. The van der Waals surface area contributed by atoms with Gasteiger partial charge in [0.25, 0.3) is 6.02 Å². The molecule has 74 valence electrons. The first-order chi connectivity index (χ1) is 6.81. The molecular formula is C11H14N2O. The first-order valence-electron chi connectivity index (χ1n) is 4.88. The van der Waals surface area contributed by atoms with Gasteiger partial charge in [-0.3, -0.25) is 0 Å². The standard InChI is InChI=1S/C11H14N2O/c1-3-12-11-13-10-7-5-4-6-9(10)8(2)14-11/h4-8H,3H2,1-2H3,(H,12,13). The number of nitrogens with one attached hydrogen (secondary N) is 1. The van der Waals surface area contributed by atoms with Crippen LogP contribution < -0.4 is 5.32 Å². The molecule has 1 atom stereocenters. The van der Waals surface area contributed by atoms with Crippen LogP contribution in [-0.2, 0) is 4.74 Å². The number of aliphatic imine (C=N–C) groups is 1. The minimum atomic E-state index is 0.0812. The van der Waals surface area contributed by atoms with Gasteiger partial charge in [-0.05, 0) is 19.9 Å². The molecule has 0 bridgehead atoms. The fourth-order valence-corrected chi connectivity index (χ4v) is 1.56. The van der Waals surface area contributed by atoms with Gasteiger partial charge in [-0.1, -0.05) is 18.2 Å². The van der Waals surface area contributed by atoms with Gasteiger partial charge in [0, 0.05) is 17.8 Å². The predicted octanol–water partition coefficient (Wildman–Crippen LogP) is 2.57. The largest absolute Gasteiger partial charge is 0.457 e. The second kappa shape index (κ2) is 3.70. The van der Waals surface area contributed by atoms with Gasteiger partial charge in [0.2, 0.25) is 0 Å². The number of nitrogens with zero attached hydrogens (tertiary/aromatic N) is 1. The molecule has 1 aliphatic heterocycles. The highest BCUT2D eigenvalue weighted by atomic mass is 16.5. The quantitative estimate of drug-likeness (QED) is 0.738. The second-order valence-electron chi connectivity index (χ2n) is 3.25. The first kappa shape index (κ1) is 9.06. The van der Waals surface area contributed by atoms with Crippen LogP contribution in [0.5, 0.6) is 0 Å². The fraction of sp³-hybridized carbons (Fsp3) is 0.364. The highest BCUT2D eigenvalue weighted by Crippen LogP contribution is 2.29. The van der Waals surface area contributed by atoms with Crippen molar-refractivity contribution in [3.05, 3.63) is 29.8 Å². The molecule has 1 N–H and O–H groups in total. The van der Waals surface area contributed by atoms with E-state index in [4.69, 9.17) is 4.74 Å². The highest BCUT2D eigenvalue weighted by molar-refractivity contribution is 5.91. The predicted molar refractivity (Wildman–Crippen MR) is 57.5 cm³/mol. The van der Waals surface area contributed by atoms with E-state index in [9.17, 15) is 0 Å². The van der Waals surface area contributed by atoms with E-state index >= 15 is 0 Å². The third-order valence-electron chi connectivity index (χ3n) is 2.23. The monoisotopic (exact) mass is 190 g/mol. The summed E-state index contributed by atoms with van der Waals surface area (Å²) in [6, 6.07) is 8.75. The average Bonchev–Trinajstić information content (AvgIpc) is 2.18. The van der Waals surface area contributed by atoms with Gasteiger partial charge in [0.1, 0.15) is 6.10 Å². The molecule has 14 heavy (non-hydrogen) atoms. The second-order valence-corrected chi connectivity index (χ2v) is 3.25. The third-order valence-corrected chi connectivity index (χ3v) is 2.23. The number of fused-ring (bicyclic) bond motifs is 1. The summed E-state index contributed by atoms with van der Waals surface area (Å²) in [5.41, 5.74) is 2.28. The summed E-state index contributed by atoms with van der Waals surface area (Å²) in [6.45, 7) is 4.76. The van der Waals surface area contributed by atoms with Gasteiger partial charge in [-0.15, -0.1) is 0 Å². The number of para-hydroxylation sites is 1. The Bertz CT molecular complexity index is 360. The Labute approximate surface area is 83.8 Å². The zero-order valence-electron chi connectivity index (χ0n) is 8.45. The van der Waals surface area contributed by atoms with Crippen LogP contribution in [0, 0.1) is 0 Å². The summed E-state index contributed by atoms with van der Waals surface area (Å²) in [4.78, 5) is 4.22. The van der Waals surface area contributed by atoms with Crippen LogP contribution in [0.2, 0.25) is 0 Å². The molecule has 0 fully saturated rings. The molecule has 3 nitrogen and oxygen atoms in total. The molecule has 0 aliphatic carbocycles. The average molecular weight is 190 g/mol. The Hall–Kier alpha value is -1.51. The van der Waals surface area contributed by atoms with Crippen molar-refractivity contribution in [3.8, 4) is 0 Å². The lowest BCUT2D eigenvalue weighted by Gasteiger charge is -2.25. The molecule has 0 amide bonds. The van der Waals surface area contributed by atoms with Crippen LogP contribution in [0.25, 0.3) is 0 Å². The summed E-state index contributed by atoms with van der Waals surface area (Å²) in [6.07, 6.45) is 0.0812. The zero-order valence-corrected chi connectivity index (χ0v) is 8.45. The first-order valence-corrected chi connectivity index (χ1v) is 4.88. The number of amidine groups is 1. The molecule has 3 heteroatoms. The van der Waals surface area contributed by atoms with Crippen molar-refractivity contribution in [2.75, 3.05) is 11.9 Å². The van der Waals surface area contributed by atoms with Gasteiger partial charge in [-0.2, -0.15) is 0 Å². The smallest absolute Gasteiger partial charge is 0.289 e. The van der Waals surface area contributed by atoms with Gasteiger partial charge in [0.05, 0.1) is 0 Å². The van der Waals surface area contributed by atoms with Gasteiger partial charge >= 0.3 is 0 Å². The number of anilines is 1. The zero-order chi connectivity index (χ0) is 9.97. The van der Waals surface area contributed by atoms with Crippen molar-refractivity contribution in [1.29, 1.82) is 0 Å². The summed E-state index contributed by atoms with van der Waals surface area (Å²) >= 11 is 0. The Morgan fingerprint density at radius 3 is 3.00 bits per heavy atom. The number of hydrogen-bond donors (Lipinski definition) is 1. The van der Waals surface area contributed by atoms with Crippen LogP contribution >= 0.6 is 0 Å². The maximum atomic E-state index is 5.59. The molecule has 1 heterocycles. The van der Waals surface area contributed by atoms with E-state index in [-0.39, 0.29) is 6.10 Å². The van der Waals surface area contributed by atoms with Crippen molar-refractivity contribution in [2.24, 2.45) is 4.99 Å². The van der Waals surface area contributed by atoms with Crippen LogP contribution in [0.15, 0.2) is 29.3 Å². The molecule has 0 saturated heterocycles. The molecule has 0 saturated carbocycles. The number of rotatable bonds is 1. The number of hydrogen-bond acceptors (Lipinski definition) is 2. The maximum absolute atomic E-state index is 5.59. The summed E-state index contributed by atoms with van der Waals surface area (Å²) < 4.78 is 5.59. The number of benzene rings is 1. The maximum Gasteiger partial charge on any atom is 0.289 e. The van der Waals surface area contributed by atoms with Crippen LogP contribution in [0.3, 0.4) is 0 Å². The molecule has 1 aromatic carbocycles. The fourth-order valence-electron chi connectivity index (χ4n) is 1.56. The van der Waals surface area contributed by atoms with Crippen LogP contribution in [0.4, 0.5) is 5.69 Å². The minimum absolute atomic E-state index is 0.0812. The van der Waals surface area contributed by atoms with E-state index in [0.29, 0.717) is 6.02 Å². The normalized spacial score (nSPS) is 22.4.